The van der Waals surface area contributed by atoms with Gasteiger partial charge in [0.05, 0.1) is 9.82 Å². The zero-order valence-corrected chi connectivity index (χ0v) is 14.3. The van der Waals surface area contributed by atoms with Crippen LogP contribution in [0.15, 0.2) is 47.4 Å². The molecule has 2 aromatic rings. The second-order valence-electron chi connectivity index (χ2n) is 5.37. The molecule has 9 nitrogen and oxygen atoms in total. The maximum Gasteiger partial charge on any atom is 0.329 e. The first kappa shape index (κ1) is 17.7. The second kappa shape index (κ2) is 6.64. The summed E-state index contributed by atoms with van der Waals surface area (Å²) in [4.78, 5) is 22.0. The third-order valence-corrected chi connectivity index (χ3v) is 5.79. The zero-order chi connectivity index (χ0) is 18.9. The van der Waals surface area contributed by atoms with Gasteiger partial charge in [-0.1, -0.05) is 0 Å². The molecular weight excluding hydrogens is 366 g/mol. The first-order valence-corrected chi connectivity index (χ1v) is 8.93. The highest BCUT2D eigenvalue weighted by molar-refractivity contribution is 7.92. The Morgan fingerprint density at radius 2 is 1.81 bits per heavy atom. The molecule has 0 aliphatic carbocycles. The summed E-state index contributed by atoms with van der Waals surface area (Å²) >= 11 is 0. The van der Waals surface area contributed by atoms with Gasteiger partial charge < -0.3 is 14.2 Å². The Balaban J connectivity index is 1.77. The van der Waals surface area contributed by atoms with Crippen LogP contribution in [0.25, 0.3) is 0 Å². The fraction of sp³-hybridized carbons (Fsp3) is 0.188. The minimum Gasteiger partial charge on any atom is -0.454 e. The fourth-order valence-corrected chi connectivity index (χ4v) is 3.45. The summed E-state index contributed by atoms with van der Waals surface area (Å²) in [5.41, 5.74) is -0.250. The van der Waals surface area contributed by atoms with Crippen molar-refractivity contribution in [3.8, 4) is 17.2 Å². The molecule has 26 heavy (non-hydrogen) atoms. The summed E-state index contributed by atoms with van der Waals surface area (Å²) < 4.78 is 40.4. The van der Waals surface area contributed by atoms with Crippen LogP contribution in [0.2, 0.25) is 0 Å². The topological polar surface area (TPSA) is 122 Å². The summed E-state index contributed by atoms with van der Waals surface area (Å²) in [6, 6.07) is 8.70. The van der Waals surface area contributed by atoms with Crippen LogP contribution in [0.4, 0.5) is 5.69 Å². The Hall–Kier alpha value is -3.14. The van der Waals surface area contributed by atoms with Crippen LogP contribution in [0, 0.1) is 10.1 Å². The molecule has 2 aromatic carbocycles. The normalized spacial score (nSPS) is 13.9. The van der Waals surface area contributed by atoms with E-state index >= 15 is 0 Å². The summed E-state index contributed by atoms with van der Waals surface area (Å²) in [5.74, 6) is 0.0183. The smallest absolute Gasteiger partial charge is 0.329 e. The molecule has 0 saturated carbocycles. The van der Waals surface area contributed by atoms with E-state index < -0.39 is 26.0 Å². The van der Waals surface area contributed by atoms with Gasteiger partial charge in [-0.3, -0.25) is 14.9 Å². The molecule has 0 bridgehead atoms. The van der Waals surface area contributed by atoms with Crippen molar-refractivity contribution in [3.63, 3.8) is 0 Å². The third-order valence-electron chi connectivity index (χ3n) is 3.74. The van der Waals surface area contributed by atoms with Crippen LogP contribution >= 0.6 is 0 Å². The van der Waals surface area contributed by atoms with Gasteiger partial charge in [-0.25, -0.2) is 8.42 Å². The molecule has 0 spiro atoms. The van der Waals surface area contributed by atoms with Crippen LogP contribution in [-0.2, 0) is 14.6 Å². The number of ether oxygens (including phenoxy) is 3. The van der Waals surface area contributed by atoms with Crippen LogP contribution in [0.3, 0.4) is 0 Å². The Labute approximate surface area is 148 Å². The molecule has 136 valence electrons. The van der Waals surface area contributed by atoms with Crippen molar-refractivity contribution in [1.82, 2.24) is 0 Å². The lowest BCUT2D eigenvalue weighted by Crippen LogP contribution is -2.31. The monoisotopic (exact) mass is 379 g/mol. The van der Waals surface area contributed by atoms with E-state index in [1.165, 1.54) is 19.1 Å². The third kappa shape index (κ3) is 3.31. The Kier molecular flexibility index (Phi) is 4.51. The summed E-state index contributed by atoms with van der Waals surface area (Å²) in [6.07, 6.45) is 0. The number of sulfone groups is 1. The van der Waals surface area contributed by atoms with Crippen molar-refractivity contribution in [2.24, 2.45) is 0 Å². The molecule has 0 N–H and O–H groups in total. The molecule has 0 fully saturated rings. The van der Waals surface area contributed by atoms with E-state index in [9.17, 15) is 23.3 Å². The van der Waals surface area contributed by atoms with Crippen LogP contribution in [-0.4, -0.2) is 31.4 Å². The first-order chi connectivity index (χ1) is 12.3. The number of esters is 1. The van der Waals surface area contributed by atoms with Crippen molar-refractivity contribution in [2.45, 2.75) is 17.1 Å². The Morgan fingerprint density at radius 3 is 2.46 bits per heavy atom. The molecule has 3 rings (SSSR count). The van der Waals surface area contributed by atoms with Crippen LogP contribution in [0.5, 0.6) is 17.2 Å². The minimum atomic E-state index is -4.07. The summed E-state index contributed by atoms with van der Waals surface area (Å²) in [6.45, 7) is 1.24. The quantitative estimate of drug-likeness (QED) is 0.335. The van der Waals surface area contributed by atoms with Gasteiger partial charge in [-0.2, -0.15) is 0 Å². The molecule has 0 radical (unpaired) electrons. The number of nitro groups is 1. The van der Waals surface area contributed by atoms with Crippen LogP contribution in [0.1, 0.15) is 6.92 Å². The molecule has 0 amide bonds. The van der Waals surface area contributed by atoms with Crippen molar-refractivity contribution < 1.29 is 32.3 Å². The highest BCUT2D eigenvalue weighted by atomic mass is 32.2. The number of nitro benzene ring substituents is 1. The highest BCUT2D eigenvalue weighted by Crippen LogP contribution is 2.35. The van der Waals surface area contributed by atoms with Gasteiger partial charge in [0.25, 0.3) is 5.69 Å². The molecule has 0 aromatic heterocycles. The van der Waals surface area contributed by atoms with E-state index in [1.54, 1.807) is 6.07 Å². The van der Waals surface area contributed by atoms with Gasteiger partial charge in [0.2, 0.25) is 6.79 Å². The lowest BCUT2D eigenvalue weighted by molar-refractivity contribution is -0.384. The molecule has 0 saturated heterocycles. The van der Waals surface area contributed by atoms with Crippen molar-refractivity contribution in [3.05, 3.63) is 52.6 Å². The maximum absolute atomic E-state index is 12.5. The molecule has 1 heterocycles. The average molecular weight is 379 g/mol. The average Bonchev–Trinajstić information content (AvgIpc) is 3.08. The van der Waals surface area contributed by atoms with E-state index in [1.807, 2.05) is 0 Å². The predicted molar refractivity (Wildman–Crippen MR) is 87.9 cm³/mol. The Bertz CT molecular complexity index is 968. The number of non-ortho nitro benzene ring substituents is 1. The molecule has 0 unspecified atom stereocenters. The molecule has 1 aliphatic heterocycles. The van der Waals surface area contributed by atoms with Crippen molar-refractivity contribution in [2.75, 3.05) is 6.79 Å². The van der Waals surface area contributed by atoms with Gasteiger partial charge in [0.15, 0.2) is 26.6 Å². The number of carbonyl (C=O) groups excluding carboxylic acids is 1. The van der Waals surface area contributed by atoms with E-state index in [2.05, 4.69) is 0 Å². The molecule has 1 atom stereocenters. The highest BCUT2D eigenvalue weighted by Gasteiger charge is 2.32. The van der Waals surface area contributed by atoms with E-state index in [0.29, 0.717) is 11.5 Å². The number of benzene rings is 2. The molecular formula is C16H13NO8S. The van der Waals surface area contributed by atoms with E-state index in [4.69, 9.17) is 14.2 Å². The number of rotatable bonds is 5. The lowest BCUT2D eigenvalue weighted by atomic mass is 10.3. The minimum absolute atomic E-state index is 0.0532. The van der Waals surface area contributed by atoms with Crippen molar-refractivity contribution in [1.29, 1.82) is 0 Å². The SMILES string of the molecule is C[C@H](C(=O)Oc1ccc2c(c1)OCO2)S(=O)(=O)c1ccc([N+](=O)[O-])cc1. The predicted octanol–water partition coefficient (Wildman–Crippen LogP) is 2.09. The van der Waals surface area contributed by atoms with E-state index in [0.717, 1.165) is 24.3 Å². The van der Waals surface area contributed by atoms with Gasteiger partial charge in [-0.05, 0) is 31.2 Å². The van der Waals surface area contributed by atoms with Gasteiger partial charge in [0, 0.05) is 18.2 Å². The summed E-state index contributed by atoms with van der Waals surface area (Å²) in [5, 5.41) is 9.15. The maximum atomic E-state index is 12.5. The lowest BCUT2D eigenvalue weighted by Gasteiger charge is -2.12. The number of nitrogens with zero attached hydrogens (tertiary/aromatic N) is 1. The van der Waals surface area contributed by atoms with E-state index in [-0.39, 0.29) is 23.1 Å². The number of fused-ring (bicyclic) bond motifs is 1. The largest absolute Gasteiger partial charge is 0.454 e. The first-order valence-electron chi connectivity index (χ1n) is 7.39. The molecule has 1 aliphatic rings. The standard InChI is InChI=1S/C16H13NO8S/c1-10(26(21,22)13-5-2-11(3-6-13)17(19)20)16(18)25-12-4-7-14-15(8-12)24-9-23-14/h2-8,10H,9H2,1H3/t10-/m1/s1. The fourth-order valence-electron chi connectivity index (χ4n) is 2.23. The van der Waals surface area contributed by atoms with Crippen LogP contribution < -0.4 is 14.2 Å². The van der Waals surface area contributed by atoms with Gasteiger partial charge >= 0.3 is 5.97 Å². The zero-order valence-electron chi connectivity index (χ0n) is 13.4. The number of carbonyl (C=O) groups is 1. The second-order valence-corrected chi connectivity index (χ2v) is 7.64. The van der Waals surface area contributed by atoms with Gasteiger partial charge in [-0.15, -0.1) is 0 Å². The van der Waals surface area contributed by atoms with Crippen molar-refractivity contribution >= 4 is 21.5 Å². The molecule has 10 heteroatoms. The number of hydrogen-bond donors (Lipinski definition) is 0. The Morgan fingerprint density at radius 1 is 1.15 bits per heavy atom. The summed E-state index contributed by atoms with van der Waals surface area (Å²) in [7, 11) is -4.07. The van der Waals surface area contributed by atoms with Gasteiger partial charge in [0.1, 0.15) is 5.75 Å². The number of hydrogen-bond acceptors (Lipinski definition) is 8.